The fourth-order valence-corrected chi connectivity index (χ4v) is 3.48. The van der Waals surface area contributed by atoms with E-state index in [4.69, 9.17) is 4.74 Å². The van der Waals surface area contributed by atoms with Gasteiger partial charge in [-0.05, 0) is 70.1 Å². The number of hydrogen-bond donors (Lipinski definition) is 2. The van der Waals surface area contributed by atoms with E-state index in [1.54, 1.807) is 6.07 Å². The average molecular weight is 409 g/mol. The molecule has 0 saturated heterocycles. The van der Waals surface area contributed by atoms with Crippen molar-refractivity contribution >= 4 is 5.97 Å². The summed E-state index contributed by atoms with van der Waals surface area (Å²) in [7, 11) is 1.46. The summed E-state index contributed by atoms with van der Waals surface area (Å²) in [4.78, 5) is 12.0. The highest BCUT2D eigenvalue weighted by Crippen LogP contribution is 2.36. The van der Waals surface area contributed by atoms with Crippen molar-refractivity contribution in [1.29, 1.82) is 0 Å². The topological polar surface area (TPSA) is 66.8 Å². The average Bonchev–Trinajstić information content (AvgIpc) is 2.71. The van der Waals surface area contributed by atoms with Crippen LogP contribution in [0.25, 0.3) is 0 Å². The SMILES string of the molecule is COc1c(C/C=C(\C)CCC=C(C)C)c(O)cc(CCc2ccccc2)c1C(=O)O. The third kappa shape index (κ3) is 6.51. The van der Waals surface area contributed by atoms with Crippen molar-refractivity contribution in [2.75, 3.05) is 7.11 Å². The smallest absolute Gasteiger partial charge is 0.339 e. The summed E-state index contributed by atoms with van der Waals surface area (Å²) < 4.78 is 5.48. The Kier molecular flexibility index (Phi) is 8.72. The fraction of sp³-hybridized carbons (Fsp3) is 0.346. The van der Waals surface area contributed by atoms with Crippen LogP contribution in [0.4, 0.5) is 0 Å². The van der Waals surface area contributed by atoms with Crippen LogP contribution in [0.3, 0.4) is 0 Å². The Bertz CT molecular complexity index is 920. The Morgan fingerprint density at radius 2 is 1.77 bits per heavy atom. The van der Waals surface area contributed by atoms with E-state index < -0.39 is 5.97 Å². The van der Waals surface area contributed by atoms with E-state index in [0.717, 1.165) is 18.4 Å². The molecule has 0 aromatic heterocycles. The normalized spacial score (nSPS) is 11.3. The number of aromatic carboxylic acids is 1. The molecule has 0 aliphatic carbocycles. The number of aryl methyl sites for hydroxylation is 2. The van der Waals surface area contributed by atoms with Crippen LogP contribution in [0.2, 0.25) is 0 Å². The molecule has 2 N–H and O–H groups in total. The molecule has 0 heterocycles. The Morgan fingerprint density at radius 3 is 2.37 bits per heavy atom. The summed E-state index contributed by atoms with van der Waals surface area (Å²) in [6.45, 7) is 6.21. The predicted molar refractivity (Wildman–Crippen MR) is 122 cm³/mol. The van der Waals surface area contributed by atoms with Gasteiger partial charge in [0.1, 0.15) is 17.1 Å². The van der Waals surface area contributed by atoms with Crippen LogP contribution in [0.15, 0.2) is 59.7 Å². The maximum Gasteiger partial charge on any atom is 0.339 e. The van der Waals surface area contributed by atoms with Crippen molar-refractivity contribution < 1.29 is 19.7 Å². The van der Waals surface area contributed by atoms with Crippen molar-refractivity contribution in [2.45, 2.75) is 52.9 Å². The van der Waals surface area contributed by atoms with Crippen LogP contribution in [-0.4, -0.2) is 23.3 Å². The molecule has 0 atom stereocenters. The molecule has 0 saturated carbocycles. The van der Waals surface area contributed by atoms with Crippen LogP contribution in [-0.2, 0) is 19.3 Å². The van der Waals surface area contributed by atoms with Gasteiger partial charge in [-0.2, -0.15) is 0 Å². The Balaban J connectivity index is 2.30. The fourth-order valence-electron chi connectivity index (χ4n) is 3.48. The maximum absolute atomic E-state index is 12.0. The number of allylic oxidation sites excluding steroid dienone is 4. The van der Waals surface area contributed by atoms with E-state index in [9.17, 15) is 15.0 Å². The molecule has 4 heteroatoms. The molecule has 0 aliphatic heterocycles. The highest BCUT2D eigenvalue weighted by Gasteiger charge is 2.23. The molecule has 30 heavy (non-hydrogen) atoms. The molecule has 0 spiro atoms. The molecule has 2 aromatic rings. The van der Waals surface area contributed by atoms with Crippen LogP contribution >= 0.6 is 0 Å². The number of benzene rings is 2. The first-order chi connectivity index (χ1) is 14.3. The number of ether oxygens (including phenoxy) is 1. The number of carboxylic acids is 1. The number of hydrogen-bond acceptors (Lipinski definition) is 3. The van der Waals surface area contributed by atoms with E-state index in [1.165, 1.54) is 18.3 Å². The van der Waals surface area contributed by atoms with Crippen LogP contribution in [0.1, 0.15) is 60.7 Å². The lowest BCUT2D eigenvalue weighted by Crippen LogP contribution is -2.09. The minimum Gasteiger partial charge on any atom is -0.508 e. The van der Waals surface area contributed by atoms with E-state index in [0.29, 0.717) is 30.4 Å². The van der Waals surface area contributed by atoms with Crippen molar-refractivity contribution in [3.05, 3.63) is 82.0 Å². The molecule has 0 radical (unpaired) electrons. The second kappa shape index (κ2) is 11.2. The maximum atomic E-state index is 12.0. The molecule has 160 valence electrons. The van der Waals surface area contributed by atoms with Gasteiger partial charge in [-0.1, -0.05) is 53.6 Å². The van der Waals surface area contributed by atoms with Gasteiger partial charge in [0.25, 0.3) is 0 Å². The molecule has 2 aromatic carbocycles. The van der Waals surface area contributed by atoms with Gasteiger partial charge in [0.2, 0.25) is 0 Å². The second-order valence-electron chi connectivity index (χ2n) is 7.81. The molecule has 0 bridgehead atoms. The van der Waals surface area contributed by atoms with E-state index >= 15 is 0 Å². The van der Waals surface area contributed by atoms with Gasteiger partial charge >= 0.3 is 5.97 Å². The predicted octanol–water partition coefficient (Wildman–Crippen LogP) is 6.12. The van der Waals surface area contributed by atoms with Gasteiger partial charge in [0.05, 0.1) is 7.11 Å². The zero-order valence-corrected chi connectivity index (χ0v) is 18.4. The standard InChI is InChI=1S/C26H32O4/c1-18(2)9-8-10-19(3)13-16-22-23(27)17-21(24(26(28)29)25(22)30-4)15-14-20-11-6-5-7-12-20/h5-7,9,11-13,17,27H,8,10,14-16H2,1-4H3,(H,28,29)/b19-13+. The largest absolute Gasteiger partial charge is 0.508 e. The lowest BCUT2D eigenvalue weighted by Gasteiger charge is -2.17. The minimum atomic E-state index is -1.04. The number of carbonyl (C=O) groups is 1. The third-order valence-electron chi connectivity index (χ3n) is 5.13. The summed E-state index contributed by atoms with van der Waals surface area (Å²) in [6.07, 6.45) is 7.74. The summed E-state index contributed by atoms with van der Waals surface area (Å²) in [6, 6.07) is 11.5. The molecule has 4 nitrogen and oxygen atoms in total. The molecule has 0 aliphatic rings. The number of phenols is 1. The summed E-state index contributed by atoms with van der Waals surface area (Å²) in [5, 5.41) is 20.5. The van der Waals surface area contributed by atoms with Crippen LogP contribution < -0.4 is 4.74 Å². The molecular weight excluding hydrogens is 376 g/mol. The Labute approximate surface area is 179 Å². The highest BCUT2D eigenvalue weighted by molar-refractivity contribution is 5.94. The number of aromatic hydroxyl groups is 1. The zero-order valence-electron chi connectivity index (χ0n) is 18.4. The van der Waals surface area contributed by atoms with Crippen molar-refractivity contribution in [2.24, 2.45) is 0 Å². The highest BCUT2D eigenvalue weighted by atomic mass is 16.5. The zero-order chi connectivity index (χ0) is 22.1. The van der Waals surface area contributed by atoms with Gasteiger partial charge < -0.3 is 14.9 Å². The molecule has 0 unspecified atom stereocenters. The third-order valence-corrected chi connectivity index (χ3v) is 5.13. The molecule has 0 amide bonds. The van der Waals surface area contributed by atoms with Crippen molar-refractivity contribution in [3.63, 3.8) is 0 Å². The molecular formula is C26H32O4. The number of rotatable bonds is 10. The monoisotopic (exact) mass is 408 g/mol. The van der Waals surface area contributed by atoms with E-state index in [2.05, 4.69) is 26.8 Å². The minimum absolute atomic E-state index is 0.0771. The first kappa shape index (κ1) is 23.3. The number of carboxylic acid groups (broad SMARTS) is 1. The first-order valence-electron chi connectivity index (χ1n) is 10.3. The Morgan fingerprint density at radius 1 is 1.07 bits per heavy atom. The lowest BCUT2D eigenvalue weighted by molar-refractivity contribution is 0.0692. The quantitative estimate of drug-likeness (QED) is 0.465. The van der Waals surface area contributed by atoms with Gasteiger partial charge in [0, 0.05) is 5.56 Å². The van der Waals surface area contributed by atoms with E-state index in [1.807, 2.05) is 36.4 Å². The molecule has 0 fully saturated rings. The second-order valence-corrected chi connectivity index (χ2v) is 7.81. The molecule has 2 rings (SSSR count). The number of phenolic OH excluding ortho intramolecular Hbond substituents is 1. The summed E-state index contributed by atoms with van der Waals surface area (Å²) >= 11 is 0. The van der Waals surface area contributed by atoms with Gasteiger partial charge in [-0.3, -0.25) is 0 Å². The lowest BCUT2D eigenvalue weighted by atomic mass is 9.94. The van der Waals surface area contributed by atoms with E-state index in [-0.39, 0.29) is 17.1 Å². The van der Waals surface area contributed by atoms with Crippen LogP contribution in [0, 0.1) is 0 Å². The first-order valence-corrected chi connectivity index (χ1v) is 10.3. The van der Waals surface area contributed by atoms with Crippen LogP contribution in [0.5, 0.6) is 11.5 Å². The summed E-state index contributed by atoms with van der Waals surface area (Å²) in [5.74, 6) is -0.715. The van der Waals surface area contributed by atoms with Gasteiger partial charge in [0.15, 0.2) is 0 Å². The number of methoxy groups -OCH3 is 1. The van der Waals surface area contributed by atoms with Gasteiger partial charge in [-0.25, -0.2) is 4.79 Å². The van der Waals surface area contributed by atoms with Gasteiger partial charge in [-0.15, -0.1) is 0 Å². The van der Waals surface area contributed by atoms with Crippen molar-refractivity contribution in [1.82, 2.24) is 0 Å². The summed E-state index contributed by atoms with van der Waals surface area (Å²) in [5.41, 5.74) is 4.83. The Hall–Kier alpha value is -3.01. The van der Waals surface area contributed by atoms with Crippen molar-refractivity contribution in [3.8, 4) is 11.5 Å².